The van der Waals surface area contributed by atoms with Gasteiger partial charge in [0.1, 0.15) is 24.4 Å². The van der Waals surface area contributed by atoms with Gasteiger partial charge in [-0.2, -0.15) is 0 Å². The van der Waals surface area contributed by atoms with Crippen LogP contribution in [-0.2, 0) is 19.1 Å². The number of rotatable bonds is 15. The number of nitrogens with one attached hydrogen (secondary N) is 2. The third-order valence-corrected chi connectivity index (χ3v) is 5.36. The molecule has 5 unspecified atom stereocenters. The number of unbranched alkanes of at least 4 members (excludes halogenated alkanes) is 4. The molecule has 1 rings (SSSR count). The SMILES string of the molecule is CC(=O)NC1C(OCCCCC(=O)NCCCCCCC(C)C)OC(CO)C(O)C1O. The summed E-state index contributed by atoms with van der Waals surface area (Å²) in [5, 5.41) is 35.0. The fourth-order valence-corrected chi connectivity index (χ4v) is 3.55. The van der Waals surface area contributed by atoms with Crippen LogP contribution in [0.4, 0.5) is 0 Å². The number of carbonyl (C=O) groups excluding carboxylic acids is 2. The molecule has 31 heavy (non-hydrogen) atoms. The molecule has 1 fully saturated rings. The van der Waals surface area contributed by atoms with E-state index in [2.05, 4.69) is 24.5 Å². The largest absolute Gasteiger partial charge is 0.394 e. The normalized spacial score (nSPS) is 26.1. The Kier molecular flexibility index (Phi) is 13.9. The molecular weight excluding hydrogens is 404 g/mol. The Balaban J connectivity index is 2.20. The molecule has 182 valence electrons. The van der Waals surface area contributed by atoms with E-state index in [1.54, 1.807) is 0 Å². The fourth-order valence-electron chi connectivity index (χ4n) is 3.55. The number of aliphatic hydroxyl groups excluding tert-OH is 3. The zero-order chi connectivity index (χ0) is 23.2. The van der Waals surface area contributed by atoms with Crippen molar-refractivity contribution in [2.45, 2.75) is 103 Å². The van der Waals surface area contributed by atoms with Gasteiger partial charge in [-0.15, -0.1) is 0 Å². The van der Waals surface area contributed by atoms with Crippen molar-refractivity contribution in [3.63, 3.8) is 0 Å². The number of ether oxygens (including phenoxy) is 2. The minimum Gasteiger partial charge on any atom is -0.394 e. The van der Waals surface area contributed by atoms with Crippen LogP contribution in [0.5, 0.6) is 0 Å². The lowest BCUT2D eigenvalue weighted by Gasteiger charge is -2.42. The van der Waals surface area contributed by atoms with Gasteiger partial charge in [0, 0.05) is 26.5 Å². The van der Waals surface area contributed by atoms with Crippen LogP contribution in [0.25, 0.3) is 0 Å². The average Bonchev–Trinajstić information content (AvgIpc) is 2.71. The first-order valence-corrected chi connectivity index (χ1v) is 11.5. The quantitative estimate of drug-likeness (QED) is 0.235. The van der Waals surface area contributed by atoms with Crippen LogP contribution in [0.15, 0.2) is 0 Å². The van der Waals surface area contributed by atoms with Gasteiger partial charge in [-0.25, -0.2) is 0 Å². The highest BCUT2D eigenvalue weighted by Crippen LogP contribution is 2.22. The minimum absolute atomic E-state index is 0.0195. The Labute approximate surface area is 185 Å². The van der Waals surface area contributed by atoms with Crippen LogP contribution in [-0.4, -0.2) is 77.5 Å². The van der Waals surface area contributed by atoms with E-state index in [9.17, 15) is 24.9 Å². The maximum absolute atomic E-state index is 11.9. The summed E-state index contributed by atoms with van der Waals surface area (Å²) in [6.07, 6.45) is 2.81. The van der Waals surface area contributed by atoms with Crippen molar-refractivity contribution in [3.05, 3.63) is 0 Å². The molecule has 5 N–H and O–H groups in total. The van der Waals surface area contributed by atoms with Gasteiger partial charge >= 0.3 is 0 Å². The van der Waals surface area contributed by atoms with E-state index >= 15 is 0 Å². The third kappa shape index (κ3) is 11.2. The van der Waals surface area contributed by atoms with Crippen LogP contribution in [0.1, 0.15) is 72.1 Å². The molecule has 1 aliphatic rings. The van der Waals surface area contributed by atoms with E-state index in [1.807, 2.05) is 0 Å². The molecule has 0 aromatic carbocycles. The second kappa shape index (κ2) is 15.5. The van der Waals surface area contributed by atoms with Gasteiger partial charge in [0.15, 0.2) is 6.29 Å². The monoisotopic (exact) mass is 446 g/mol. The Morgan fingerprint density at radius 3 is 2.39 bits per heavy atom. The molecule has 0 aromatic heterocycles. The first kappa shape index (κ1) is 27.8. The minimum atomic E-state index is -1.33. The lowest BCUT2D eigenvalue weighted by atomic mass is 9.97. The van der Waals surface area contributed by atoms with E-state index in [4.69, 9.17) is 9.47 Å². The zero-order valence-corrected chi connectivity index (χ0v) is 19.2. The maximum Gasteiger partial charge on any atom is 0.219 e. The smallest absolute Gasteiger partial charge is 0.219 e. The third-order valence-electron chi connectivity index (χ3n) is 5.36. The summed E-state index contributed by atoms with van der Waals surface area (Å²) in [5.41, 5.74) is 0. The van der Waals surface area contributed by atoms with Crippen molar-refractivity contribution in [3.8, 4) is 0 Å². The van der Waals surface area contributed by atoms with Crippen molar-refractivity contribution in [2.24, 2.45) is 5.92 Å². The number of hydrogen-bond acceptors (Lipinski definition) is 7. The summed E-state index contributed by atoms with van der Waals surface area (Å²) in [5.74, 6) is 0.371. The summed E-state index contributed by atoms with van der Waals surface area (Å²) in [7, 11) is 0. The Hall–Kier alpha value is -1.26. The van der Waals surface area contributed by atoms with Crippen molar-refractivity contribution in [1.82, 2.24) is 10.6 Å². The van der Waals surface area contributed by atoms with Crippen molar-refractivity contribution in [1.29, 1.82) is 0 Å². The van der Waals surface area contributed by atoms with Gasteiger partial charge in [-0.05, 0) is 25.2 Å². The summed E-state index contributed by atoms with van der Waals surface area (Å²) in [6.45, 7) is 6.23. The Morgan fingerprint density at radius 2 is 1.74 bits per heavy atom. The zero-order valence-electron chi connectivity index (χ0n) is 19.2. The van der Waals surface area contributed by atoms with Gasteiger partial charge in [-0.3, -0.25) is 9.59 Å². The lowest BCUT2D eigenvalue weighted by molar-refractivity contribution is -0.270. The second-order valence-corrected chi connectivity index (χ2v) is 8.71. The van der Waals surface area contributed by atoms with Crippen molar-refractivity contribution in [2.75, 3.05) is 19.8 Å². The molecule has 9 nitrogen and oxygen atoms in total. The summed E-state index contributed by atoms with van der Waals surface area (Å²) in [6, 6.07) is -0.945. The van der Waals surface area contributed by atoms with Gasteiger partial charge in [0.25, 0.3) is 0 Å². The molecule has 2 amide bonds. The van der Waals surface area contributed by atoms with Crippen LogP contribution in [0.3, 0.4) is 0 Å². The first-order chi connectivity index (χ1) is 14.8. The molecule has 1 saturated heterocycles. The Morgan fingerprint density at radius 1 is 1.03 bits per heavy atom. The highest BCUT2D eigenvalue weighted by molar-refractivity contribution is 5.75. The molecule has 9 heteroatoms. The van der Waals surface area contributed by atoms with Gasteiger partial charge < -0.3 is 35.4 Å². The van der Waals surface area contributed by atoms with E-state index in [-0.39, 0.29) is 12.5 Å². The highest BCUT2D eigenvalue weighted by Gasteiger charge is 2.45. The standard InChI is InChI=1S/C22H42N2O7/c1-15(2)10-6-4-5-8-12-23-18(27)11-7-9-13-30-22-19(24-16(3)26)21(29)20(28)17(14-25)31-22/h15,17,19-22,25,28-29H,4-14H2,1-3H3,(H,23,27)(H,24,26). The number of amides is 2. The van der Waals surface area contributed by atoms with E-state index in [0.29, 0.717) is 25.8 Å². The summed E-state index contributed by atoms with van der Waals surface area (Å²) in [4.78, 5) is 23.3. The molecular formula is C22H42N2O7. The van der Waals surface area contributed by atoms with Crippen LogP contribution in [0, 0.1) is 5.92 Å². The maximum atomic E-state index is 11.9. The predicted octanol–water partition coefficient (Wildman–Crippen LogP) is 0.840. The predicted molar refractivity (Wildman–Crippen MR) is 116 cm³/mol. The van der Waals surface area contributed by atoms with Crippen LogP contribution < -0.4 is 10.6 Å². The average molecular weight is 447 g/mol. The molecule has 0 aliphatic carbocycles. The van der Waals surface area contributed by atoms with Gasteiger partial charge in [-0.1, -0.05) is 39.5 Å². The lowest BCUT2D eigenvalue weighted by Crippen LogP contribution is -2.64. The van der Waals surface area contributed by atoms with Crippen LogP contribution >= 0.6 is 0 Å². The van der Waals surface area contributed by atoms with Crippen molar-refractivity contribution >= 4 is 11.8 Å². The topological polar surface area (TPSA) is 137 Å². The van der Waals surface area contributed by atoms with Gasteiger partial charge in [0.05, 0.1) is 6.61 Å². The summed E-state index contributed by atoms with van der Waals surface area (Å²) >= 11 is 0. The molecule has 5 atom stereocenters. The molecule has 1 aliphatic heterocycles. The molecule has 0 spiro atoms. The van der Waals surface area contributed by atoms with Gasteiger partial charge in [0.2, 0.25) is 11.8 Å². The molecule has 0 saturated carbocycles. The van der Waals surface area contributed by atoms with Crippen molar-refractivity contribution < 1.29 is 34.4 Å². The second-order valence-electron chi connectivity index (χ2n) is 8.71. The van der Waals surface area contributed by atoms with E-state index in [1.165, 1.54) is 26.2 Å². The first-order valence-electron chi connectivity index (χ1n) is 11.5. The molecule has 0 radical (unpaired) electrons. The summed E-state index contributed by atoms with van der Waals surface area (Å²) < 4.78 is 11.1. The molecule has 0 aromatic rings. The van der Waals surface area contributed by atoms with E-state index < -0.39 is 43.2 Å². The Bertz CT molecular complexity index is 518. The number of aliphatic hydroxyl groups is 3. The van der Waals surface area contributed by atoms with Crippen LogP contribution in [0.2, 0.25) is 0 Å². The van der Waals surface area contributed by atoms with E-state index in [0.717, 1.165) is 18.8 Å². The molecule has 0 bridgehead atoms. The molecule has 1 heterocycles. The number of carbonyl (C=O) groups is 2. The number of hydrogen-bond donors (Lipinski definition) is 5. The fraction of sp³-hybridized carbons (Fsp3) is 0.909. The highest BCUT2D eigenvalue weighted by atomic mass is 16.7.